The smallest absolute Gasteiger partial charge is 0.408 e. The minimum Gasteiger partial charge on any atom is -0.444 e. The van der Waals surface area contributed by atoms with Crippen LogP contribution in [0.3, 0.4) is 0 Å². The summed E-state index contributed by atoms with van der Waals surface area (Å²) in [5, 5.41) is 3.08. The number of nitrogens with two attached hydrogens (primary N) is 1. The van der Waals surface area contributed by atoms with Crippen molar-refractivity contribution in [3.05, 3.63) is 0 Å². The monoisotopic (exact) mass is 254 g/mol. The fraction of sp³-hybridized carbons (Fsp3) is 0.929. The summed E-state index contributed by atoms with van der Waals surface area (Å²) >= 11 is 0. The summed E-state index contributed by atoms with van der Waals surface area (Å²) in [4.78, 5) is 11.9. The van der Waals surface area contributed by atoms with E-state index in [0.717, 1.165) is 25.7 Å². The fourth-order valence-corrected chi connectivity index (χ4v) is 3.08. The molecular weight excluding hydrogens is 228 g/mol. The van der Waals surface area contributed by atoms with Crippen molar-refractivity contribution in [3.63, 3.8) is 0 Å². The van der Waals surface area contributed by atoms with Gasteiger partial charge in [-0.15, -0.1) is 0 Å². The maximum Gasteiger partial charge on any atom is 0.408 e. The highest BCUT2D eigenvalue weighted by Gasteiger charge is 2.53. The Morgan fingerprint density at radius 2 is 1.89 bits per heavy atom. The van der Waals surface area contributed by atoms with E-state index in [2.05, 4.69) is 5.32 Å². The SMILES string of the molecule is CC(C)(C)OC(=O)NC1(C2CCCCC2N)CC1. The van der Waals surface area contributed by atoms with Gasteiger partial charge in [0, 0.05) is 11.6 Å². The minimum absolute atomic E-state index is 0.0673. The standard InChI is InChI=1S/C14H26N2O2/c1-13(2,3)18-12(17)16-14(8-9-14)10-6-4-5-7-11(10)15/h10-11H,4-9,15H2,1-3H3,(H,16,17). The first-order chi connectivity index (χ1) is 8.32. The van der Waals surface area contributed by atoms with Crippen LogP contribution in [0.5, 0.6) is 0 Å². The van der Waals surface area contributed by atoms with Crippen molar-refractivity contribution >= 4 is 6.09 Å². The van der Waals surface area contributed by atoms with Gasteiger partial charge in [-0.2, -0.15) is 0 Å². The zero-order valence-corrected chi connectivity index (χ0v) is 11.8. The molecule has 104 valence electrons. The normalized spacial score (nSPS) is 30.7. The van der Waals surface area contributed by atoms with Gasteiger partial charge in [-0.1, -0.05) is 12.8 Å². The first-order valence-corrected chi connectivity index (χ1v) is 7.09. The lowest BCUT2D eigenvalue weighted by Crippen LogP contribution is -2.51. The molecule has 0 aliphatic heterocycles. The zero-order valence-electron chi connectivity index (χ0n) is 11.8. The van der Waals surface area contributed by atoms with E-state index in [1.807, 2.05) is 20.8 Å². The molecule has 2 saturated carbocycles. The Labute approximate surface area is 110 Å². The van der Waals surface area contributed by atoms with Crippen LogP contribution in [0.2, 0.25) is 0 Å². The van der Waals surface area contributed by atoms with Crippen LogP contribution in [-0.2, 0) is 4.74 Å². The van der Waals surface area contributed by atoms with Gasteiger partial charge >= 0.3 is 6.09 Å². The predicted octanol–water partition coefficient (Wildman–Crippen LogP) is 2.56. The van der Waals surface area contributed by atoms with E-state index < -0.39 is 5.60 Å². The number of carbonyl (C=O) groups excluding carboxylic acids is 1. The van der Waals surface area contributed by atoms with Crippen LogP contribution < -0.4 is 11.1 Å². The summed E-state index contributed by atoms with van der Waals surface area (Å²) in [6.07, 6.45) is 6.48. The number of alkyl carbamates (subject to hydrolysis) is 1. The van der Waals surface area contributed by atoms with Crippen molar-refractivity contribution < 1.29 is 9.53 Å². The molecule has 18 heavy (non-hydrogen) atoms. The molecule has 2 aliphatic carbocycles. The topological polar surface area (TPSA) is 64.3 Å². The summed E-state index contributed by atoms with van der Waals surface area (Å²) in [5.74, 6) is 0.429. The lowest BCUT2D eigenvalue weighted by molar-refractivity contribution is 0.0457. The minimum atomic E-state index is -0.436. The highest BCUT2D eigenvalue weighted by molar-refractivity contribution is 5.69. The van der Waals surface area contributed by atoms with Gasteiger partial charge in [-0.25, -0.2) is 4.79 Å². The van der Waals surface area contributed by atoms with Crippen molar-refractivity contribution in [3.8, 4) is 0 Å². The second-order valence-electron chi connectivity index (χ2n) is 6.84. The van der Waals surface area contributed by atoms with Gasteiger partial charge in [-0.3, -0.25) is 0 Å². The van der Waals surface area contributed by atoms with Crippen LogP contribution in [0, 0.1) is 5.92 Å². The van der Waals surface area contributed by atoms with Gasteiger partial charge in [0.25, 0.3) is 0 Å². The summed E-state index contributed by atoms with van der Waals surface area (Å²) in [6, 6.07) is 0.233. The molecule has 0 aromatic rings. The van der Waals surface area contributed by atoms with E-state index in [4.69, 9.17) is 10.5 Å². The predicted molar refractivity (Wildman–Crippen MR) is 71.3 cm³/mol. The molecule has 2 aliphatic rings. The highest BCUT2D eigenvalue weighted by Crippen LogP contribution is 2.47. The molecule has 1 amide bonds. The summed E-state index contributed by atoms with van der Waals surface area (Å²) in [7, 11) is 0. The summed E-state index contributed by atoms with van der Waals surface area (Å²) in [6.45, 7) is 5.66. The molecule has 2 atom stereocenters. The Kier molecular flexibility index (Phi) is 3.58. The average Bonchev–Trinajstić information content (AvgIpc) is 2.96. The lowest BCUT2D eigenvalue weighted by atomic mass is 9.78. The van der Waals surface area contributed by atoms with Crippen LogP contribution in [-0.4, -0.2) is 23.3 Å². The maximum atomic E-state index is 11.9. The molecule has 0 aromatic heterocycles. The molecule has 2 rings (SSSR count). The number of carbonyl (C=O) groups is 1. The van der Waals surface area contributed by atoms with Crippen LogP contribution in [0.25, 0.3) is 0 Å². The molecule has 2 unspecified atom stereocenters. The summed E-state index contributed by atoms with van der Waals surface area (Å²) < 4.78 is 5.35. The van der Waals surface area contributed by atoms with Crippen molar-refractivity contribution in [2.24, 2.45) is 11.7 Å². The molecule has 0 radical (unpaired) electrons. The van der Waals surface area contributed by atoms with Crippen LogP contribution in [0.4, 0.5) is 4.79 Å². The first-order valence-electron chi connectivity index (χ1n) is 7.09. The third-order valence-electron chi connectivity index (χ3n) is 4.07. The number of rotatable bonds is 2. The quantitative estimate of drug-likeness (QED) is 0.796. The Morgan fingerprint density at radius 1 is 1.28 bits per heavy atom. The Morgan fingerprint density at radius 3 is 2.39 bits per heavy atom. The lowest BCUT2D eigenvalue weighted by Gasteiger charge is -2.36. The van der Waals surface area contributed by atoms with Crippen molar-refractivity contribution in [1.82, 2.24) is 5.32 Å². The molecule has 2 fully saturated rings. The van der Waals surface area contributed by atoms with Crippen LogP contribution in [0.1, 0.15) is 59.3 Å². The third-order valence-corrected chi connectivity index (χ3v) is 4.07. The first kappa shape index (κ1) is 13.7. The molecule has 0 saturated heterocycles. The molecule has 0 bridgehead atoms. The third kappa shape index (κ3) is 3.16. The Bertz CT molecular complexity index is 318. The maximum absolute atomic E-state index is 11.9. The number of hydrogen-bond acceptors (Lipinski definition) is 3. The second kappa shape index (κ2) is 4.72. The average molecular weight is 254 g/mol. The Balaban J connectivity index is 1.93. The molecule has 3 N–H and O–H groups in total. The van der Waals surface area contributed by atoms with E-state index >= 15 is 0 Å². The second-order valence-corrected chi connectivity index (χ2v) is 6.84. The number of amides is 1. The van der Waals surface area contributed by atoms with Gasteiger partial charge in [0.05, 0.1) is 0 Å². The largest absolute Gasteiger partial charge is 0.444 e. The molecule has 4 heteroatoms. The van der Waals surface area contributed by atoms with Gasteiger partial charge in [0.2, 0.25) is 0 Å². The van der Waals surface area contributed by atoms with E-state index in [1.165, 1.54) is 12.8 Å². The molecule has 0 aromatic carbocycles. The van der Waals surface area contributed by atoms with Gasteiger partial charge in [0.1, 0.15) is 5.60 Å². The molecule has 0 heterocycles. The number of ether oxygens (including phenoxy) is 1. The van der Waals surface area contributed by atoms with Crippen molar-refractivity contribution in [2.45, 2.75) is 76.5 Å². The van der Waals surface area contributed by atoms with Gasteiger partial charge in [-0.05, 0) is 52.4 Å². The van der Waals surface area contributed by atoms with E-state index in [0.29, 0.717) is 5.92 Å². The highest BCUT2D eigenvalue weighted by atomic mass is 16.6. The van der Waals surface area contributed by atoms with Crippen molar-refractivity contribution in [1.29, 1.82) is 0 Å². The van der Waals surface area contributed by atoms with E-state index in [-0.39, 0.29) is 17.7 Å². The molecular formula is C14H26N2O2. The number of hydrogen-bond donors (Lipinski definition) is 2. The van der Waals surface area contributed by atoms with E-state index in [1.54, 1.807) is 0 Å². The zero-order chi connectivity index (χ0) is 13.4. The van der Waals surface area contributed by atoms with Crippen LogP contribution in [0.15, 0.2) is 0 Å². The number of nitrogens with one attached hydrogen (secondary N) is 1. The van der Waals surface area contributed by atoms with Gasteiger partial charge in [0.15, 0.2) is 0 Å². The Hall–Kier alpha value is -0.770. The van der Waals surface area contributed by atoms with E-state index in [9.17, 15) is 4.79 Å². The molecule has 4 nitrogen and oxygen atoms in total. The van der Waals surface area contributed by atoms with Crippen molar-refractivity contribution in [2.75, 3.05) is 0 Å². The van der Waals surface area contributed by atoms with Crippen LogP contribution >= 0.6 is 0 Å². The van der Waals surface area contributed by atoms with Gasteiger partial charge < -0.3 is 15.8 Å². The summed E-state index contributed by atoms with van der Waals surface area (Å²) in [5.41, 5.74) is 5.71. The molecule has 0 spiro atoms. The fourth-order valence-electron chi connectivity index (χ4n) is 3.08.